The Bertz CT molecular complexity index is 731. The molecule has 0 aliphatic rings. The van der Waals surface area contributed by atoms with Gasteiger partial charge in [-0.05, 0) is 38.9 Å². The van der Waals surface area contributed by atoms with Crippen molar-refractivity contribution in [3.8, 4) is 0 Å². The van der Waals surface area contributed by atoms with E-state index in [2.05, 4.69) is 36.7 Å². The smallest absolute Gasteiger partial charge is 0.347 e. The van der Waals surface area contributed by atoms with E-state index in [1.807, 2.05) is 30.3 Å². The van der Waals surface area contributed by atoms with Gasteiger partial charge in [-0.25, -0.2) is 9.59 Å². The first kappa shape index (κ1) is 23.0. The van der Waals surface area contributed by atoms with Crippen LogP contribution < -0.4 is 0 Å². The number of nitrogens with zero attached hydrogens (tertiary/aromatic N) is 1. The van der Waals surface area contributed by atoms with Crippen LogP contribution >= 0.6 is 15.9 Å². The number of halogens is 1. The largest absolute Gasteiger partial charge is 0.465 e. The number of carbonyl (C=O) groups excluding carboxylic acids is 2. The minimum atomic E-state index is -0.746. The molecule has 0 atom stereocenters. The van der Waals surface area contributed by atoms with Crippen molar-refractivity contribution in [1.29, 1.82) is 0 Å². The van der Waals surface area contributed by atoms with Crippen LogP contribution in [-0.4, -0.2) is 45.2 Å². The third-order valence-corrected chi connectivity index (χ3v) is 5.29. The van der Waals surface area contributed by atoms with E-state index in [1.54, 1.807) is 19.0 Å². The van der Waals surface area contributed by atoms with Crippen molar-refractivity contribution in [3.05, 3.63) is 51.6 Å². The first-order valence-corrected chi connectivity index (χ1v) is 9.45. The average Bonchev–Trinajstić information content (AvgIpc) is 2.65. The molecular formula is C21H28BrNO4. The van der Waals surface area contributed by atoms with Gasteiger partial charge in [0.25, 0.3) is 0 Å². The lowest BCUT2D eigenvalue weighted by Crippen LogP contribution is -2.26. The molecule has 0 saturated heterocycles. The minimum Gasteiger partial charge on any atom is -0.465 e. The Morgan fingerprint density at radius 2 is 1.52 bits per heavy atom. The molecule has 0 bridgehead atoms. The molecule has 1 aromatic carbocycles. The van der Waals surface area contributed by atoms with E-state index < -0.39 is 11.9 Å². The van der Waals surface area contributed by atoms with Crippen molar-refractivity contribution in [2.75, 3.05) is 28.3 Å². The lowest BCUT2D eigenvalue weighted by atomic mass is 9.77. The molecule has 0 aromatic heterocycles. The van der Waals surface area contributed by atoms with Crippen LogP contribution in [0.3, 0.4) is 0 Å². The zero-order chi connectivity index (χ0) is 20.8. The second-order valence-electron chi connectivity index (χ2n) is 6.89. The molecule has 5 nitrogen and oxygen atoms in total. The number of carbonyl (C=O) groups is 2. The zero-order valence-corrected chi connectivity index (χ0v) is 18.6. The Morgan fingerprint density at radius 1 is 1.04 bits per heavy atom. The van der Waals surface area contributed by atoms with Crippen molar-refractivity contribution >= 4 is 33.4 Å². The Morgan fingerprint density at radius 3 is 1.89 bits per heavy atom. The highest BCUT2D eigenvalue weighted by atomic mass is 79.9. The molecular weight excluding hydrogens is 410 g/mol. The van der Waals surface area contributed by atoms with Crippen molar-refractivity contribution < 1.29 is 19.1 Å². The van der Waals surface area contributed by atoms with Gasteiger partial charge in [-0.1, -0.05) is 51.1 Å². The number of hydrogen-bond donors (Lipinski definition) is 0. The number of esters is 2. The van der Waals surface area contributed by atoms with Crippen molar-refractivity contribution in [1.82, 2.24) is 4.90 Å². The van der Waals surface area contributed by atoms with Crippen LogP contribution in [0.25, 0.3) is 5.57 Å². The summed E-state index contributed by atoms with van der Waals surface area (Å²) in [7, 11) is 6.02. The fourth-order valence-electron chi connectivity index (χ4n) is 2.73. The Hall–Kier alpha value is -2.08. The minimum absolute atomic E-state index is 0.155. The predicted octanol–water partition coefficient (Wildman–Crippen LogP) is 4.39. The van der Waals surface area contributed by atoms with Crippen molar-refractivity contribution in [3.63, 3.8) is 0 Å². The number of hydrogen-bond acceptors (Lipinski definition) is 5. The first-order chi connectivity index (χ1) is 12.6. The number of benzene rings is 1. The second-order valence-corrected chi connectivity index (χ2v) is 7.69. The fraction of sp³-hybridized carbons (Fsp3) is 0.429. The first-order valence-electron chi connectivity index (χ1n) is 8.66. The molecule has 0 N–H and O–H groups in total. The number of rotatable bonds is 7. The van der Waals surface area contributed by atoms with Crippen molar-refractivity contribution in [2.24, 2.45) is 5.41 Å². The van der Waals surface area contributed by atoms with Crippen LogP contribution in [0.15, 0.2) is 46.1 Å². The molecule has 0 radical (unpaired) electrons. The Balaban J connectivity index is 3.98. The fourth-order valence-corrected chi connectivity index (χ4v) is 4.04. The molecule has 0 unspecified atom stereocenters. The standard InChI is InChI=1S/C21H28BrNO4/c1-8-21(2,3)16(14-12-10-9-11-13-14)17(22)18(23(4)5)15(19(24)26-6)20(25)27-7/h9-13H,8H2,1-7H3/b17-16+. The van der Waals surface area contributed by atoms with Crippen LogP contribution in [0.4, 0.5) is 0 Å². The van der Waals surface area contributed by atoms with Gasteiger partial charge in [-0.15, -0.1) is 0 Å². The van der Waals surface area contributed by atoms with E-state index in [0.29, 0.717) is 10.2 Å². The number of allylic oxidation sites excluding steroid dienone is 2. The predicted molar refractivity (Wildman–Crippen MR) is 111 cm³/mol. The molecule has 1 rings (SSSR count). The molecule has 27 heavy (non-hydrogen) atoms. The number of methoxy groups -OCH3 is 2. The monoisotopic (exact) mass is 437 g/mol. The molecule has 0 aliphatic carbocycles. The van der Waals surface area contributed by atoms with Gasteiger partial charge in [0.05, 0.1) is 19.9 Å². The van der Waals surface area contributed by atoms with Crippen LogP contribution in [0.5, 0.6) is 0 Å². The highest BCUT2D eigenvalue weighted by Crippen LogP contribution is 2.44. The SMILES string of the molecule is CCC(C)(C)/C(=C(/Br)C(=C(C(=O)OC)C(=O)OC)N(C)C)c1ccccc1. The highest BCUT2D eigenvalue weighted by molar-refractivity contribution is 9.12. The van der Waals surface area contributed by atoms with Gasteiger partial charge in [0.15, 0.2) is 5.57 Å². The van der Waals surface area contributed by atoms with Crippen LogP contribution in [-0.2, 0) is 19.1 Å². The quantitative estimate of drug-likeness (QED) is 0.208. The summed E-state index contributed by atoms with van der Waals surface area (Å²) in [5, 5.41) is 0. The molecule has 0 saturated carbocycles. The molecule has 0 fully saturated rings. The average molecular weight is 438 g/mol. The summed E-state index contributed by atoms with van der Waals surface area (Å²) in [6.07, 6.45) is 0.860. The Kier molecular flexibility index (Phi) is 8.28. The highest BCUT2D eigenvalue weighted by Gasteiger charge is 2.32. The molecule has 148 valence electrons. The molecule has 0 amide bonds. The van der Waals surface area contributed by atoms with Crippen LogP contribution in [0, 0.1) is 5.41 Å². The van der Waals surface area contributed by atoms with E-state index in [9.17, 15) is 9.59 Å². The third-order valence-electron chi connectivity index (χ3n) is 4.51. The zero-order valence-electron chi connectivity index (χ0n) is 17.1. The third kappa shape index (κ3) is 5.22. The van der Waals surface area contributed by atoms with Crippen LogP contribution in [0.2, 0.25) is 0 Å². The lowest BCUT2D eigenvalue weighted by Gasteiger charge is -2.31. The summed E-state index contributed by atoms with van der Waals surface area (Å²) >= 11 is 3.68. The van der Waals surface area contributed by atoms with E-state index in [0.717, 1.165) is 17.6 Å². The molecule has 6 heteroatoms. The number of likely N-dealkylation sites (N-methyl/N-ethyl adjacent to an activating group) is 1. The van der Waals surface area contributed by atoms with Gasteiger partial charge in [0.2, 0.25) is 0 Å². The van der Waals surface area contributed by atoms with E-state index in [-0.39, 0.29) is 11.0 Å². The lowest BCUT2D eigenvalue weighted by molar-refractivity contribution is -0.144. The van der Waals surface area contributed by atoms with E-state index in [1.165, 1.54) is 14.2 Å². The van der Waals surface area contributed by atoms with Gasteiger partial charge in [-0.3, -0.25) is 0 Å². The van der Waals surface area contributed by atoms with Crippen molar-refractivity contribution in [2.45, 2.75) is 27.2 Å². The maximum Gasteiger partial charge on any atom is 0.347 e. The summed E-state index contributed by atoms with van der Waals surface area (Å²) in [6.45, 7) is 6.35. The maximum absolute atomic E-state index is 12.4. The van der Waals surface area contributed by atoms with E-state index in [4.69, 9.17) is 9.47 Å². The summed E-state index contributed by atoms with van der Waals surface area (Å²) < 4.78 is 10.3. The van der Waals surface area contributed by atoms with Gasteiger partial charge in [-0.2, -0.15) is 0 Å². The normalized spacial score (nSPS) is 12.0. The summed E-state index contributed by atoms with van der Waals surface area (Å²) in [5.41, 5.74) is 2.02. The van der Waals surface area contributed by atoms with Crippen LogP contribution in [0.1, 0.15) is 32.8 Å². The number of ether oxygens (including phenoxy) is 2. The van der Waals surface area contributed by atoms with Gasteiger partial charge in [0, 0.05) is 18.6 Å². The van der Waals surface area contributed by atoms with E-state index >= 15 is 0 Å². The maximum atomic E-state index is 12.4. The summed E-state index contributed by atoms with van der Waals surface area (Å²) in [5.74, 6) is -1.49. The second kappa shape index (κ2) is 9.74. The van der Waals surface area contributed by atoms with Gasteiger partial charge < -0.3 is 14.4 Å². The molecule has 0 heterocycles. The topological polar surface area (TPSA) is 55.8 Å². The van der Waals surface area contributed by atoms with Gasteiger partial charge in [0.1, 0.15) is 0 Å². The van der Waals surface area contributed by atoms with Gasteiger partial charge >= 0.3 is 11.9 Å². The molecule has 1 aromatic rings. The summed E-state index contributed by atoms with van der Waals surface area (Å²) in [6, 6.07) is 9.89. The molecule has 0 spiro atoms. The molecule has 0 aliphatic heterocycles. The summed E-state index contributed by atoms with van der Waals surface area (Å²) in [4.78, 5) is 26.5. The Labute approximate surface area is 170 Å².